The van der Waals surface area contributed by atoms with Crippen LogP contribution in [0.4, 0.5) is 9.59 Å². The Bertz CT molecular complexity index is 850. The molecule has 9 nitrogen and oxygen atoms in total. The van der Waals surface area contributed by atoms with Crippen molar-refractivity contribution in [3.63, 3.8) is 0 Å². The first-order valence-corrected chi connectivity index (χ1v) is 10.8. The standard InChI is InChI=1S/C21H31N5O4/c1-14-22-12-16-13-25(19(28)26(14)16)15-7-10-23(11-8-15)18(27)17-6-5-9-24(17)20(29)30-21(2,3)4/h12,15,17H,5-11,13H2,1-4H3/t17-/m1/s1. The molecule has 2 fully saturated rings. The predicted octanol–water partition coefficient (Wildman–Crippen LogP) is 2.37. The molecule has 0 radical (unpaired) electrons. The Morgan fingerprint density at radius 1 is 1.13 bits per heavy atom. The maximum atomic E-state index is 13.1. The van der Waals surface area contributed by atoms with Crippen LogP contribution in [0.2, 0.25) is 0 Å². The maximum absolute atomic E-state index is 13.1. The van der Waals surface area contributed by atoms with Gasteiger partial charge in [-0.1, -0.05) is 0 Å². The Balaban J connectivity index is 1.34. The Morgan fingerprint density at radius 3 is 2.47 bits per heavy atom. The summed E-state index contributed by atoms with van der Waals surface area (Å²) in [7, 11) is 0. The van der Waals surface area contributed by atoms with Gasteiger partial charge < -0.3 is 14.5 Å². The van der Waals surface area contributed by atoms with Gasteiger partial charge in [0, 0.05) is 25.7 Å². The number of rotatable bonds is 2. The third kappa shape index (κ3) is 3.77. The predicted molar refractivity (Wildman–Crippen MR) is 109 cm³/mol. The number of likely N-dealkylation sites (tertiary alicyclic amines) is 2. The highest BCUT2D eigenvalue weighted by atomic mass is 16.6. The minimum Gasteiger partial charge on any atom is -0.444 e. The second-order valence-corrected chi connectivity index (χ2v) is 9.43. The van der Waals surface area contributed by atoms with Crippen molar-refractivity contribution < 1.29 is 19.1 Å². The highest BCUT2D eigenvalue weighted by Gasteiger charge is 2.41. The van der Waals surface area contributed by atoms with Gasteiger partial charge in [0.25, 0.3) is 0 Å². The summed E-state index contributed by atoms with van der Waals surface area (Å²) in [5.74, 6) is 0.712. The van der Waals surface area contributed by atoms with Crippen LogP contribution in [0.1, 0.15) is 58.0 Å². The summed E-state index contributed by atoms with van der Waals surface area (Å²) in [6.07, 6.45) is 4.31. The molecule has 1 aromatic heterocycles. The van der Waals surface area contributed by atoms with Gasteiger partial charge in [0.05, 0.1) is 18.4 Å². The number of piperidine rings is 1. The molecule has 0 spiro atoms. The van der Waals surface area contributed by atoms with E-state index in [-0.39, 0.29) is 18.0 Å². The number of carbonyl (C=O) groups is 3. The zero-order chi connectivity index (χ0) is 21.6. The van der Waals surface area contributed by atoms with Crippen molar-refractivity contribution in [2.45, 2.75) is 77.6 Å². The van der Waals surface area contributed by atoms with E-state index in [2.05, 4.69) is 4.98 Å². The third-order valence-electron chi connectivity index (χ3n) is 6.16. The Morgan fingerprint density at radius 2 is 1.83 bits per heavy atom. The number of aryl methyl sites for hydroxylation is 1. The topological polar surface area (TPSA) is 88.0 Å². The van der Waals surface area contributed by atoms with E-state index in [1.165, 1.54) is 0 Å². The van der Waals surface area contributed by atoms with E-state index in [0.29, 0.717) is 38.4 Å². The first-order chi connectivity index (χ1) is 14.2. The van der Waals surface area contributed by atoms with Crippen molar-refractivity contribution in [3.05, 3.63) is 17.7 Å². The Hall–Kier alpha value is -2.58. The van der Waals surface area contributed by atoms with Crippen LogP contribution in [0, 0.1) is 6.92 Å². The van der Waals surface area contributed by atoms with E-state index in [4.69, 9.17) is 4.74 Å². The van der Waals surface area contributed by atoms with Crippen molar-refractivity contribution in [3.8, 4) is 0 Å². The van der Waals surface area contributed by atoms with Crippen molar-refractivity contribution in [1.82, 2.24) is 24.3 Å². The lowest BCUT2D eigenvalue weighted by molar-refractivity contribution is -0.137. The van der Waals surface area contributed by atoms with Gasteiger partial charge in [-0.3, -0.25) is 14.3 Å². The van der Waals surface area contributed by atoms with Crippen LogP contribution in [-0.4, -0.2) is 79.6 Å². The number of amides is 3. The highest BCUT2D eigenvalue weighted by Crippen LogP contribution is 2.28. The lowest BCUT2D eigenvalue weighted by atomic mass is 10.0. The summed E-state index contributed by atoms with van der Waals surface area (Å²) in [6.45, 7) is 9.65. The number of fused-ring (bicyclic) bond motifs is 1. The first-order valence-electron chi connectivity index (χ1n) is 10.8. The fraction of sp³-hybridized carbons (Fsp3) is 0.714. The Labute approximate surface area is 176 Å². The number of imidazole rings is 1. The molecule has 0 N–H and O–H groups in total. The number of nitrogens with zero attached hydrogens (tertiary/aromatic N) is 5. The molecular weight excluding hydrogens is 386 g/mol. The van der Waals surface area contributed by atoms with E-state index in [1.54, 1.807) is 15.7 Å². The second kappa shape index (κ2) is 7.59. The summed E-state index contributed by atoms with van der Waals surface area (Å²) in [6, 6.07) is -0.345. The molecule has 9 heteroatoms. The smallest absolute Gasteiger partial charge is 0.410 e. The first kappa shape index (κ1) is 20.7. The number of carbonyl (C=O) groups excluding carboxylic acids is 3. The molecular formula is C21H31N5O4. The van der Waals surface area contributed by atoms with Gasteiger partial charge in [-0.05, 0) is 53.4 Å². The molecule has 4 heterocycles. The minimum atomic E-state index is -0.583. The fourth-order valence-electron chi connectivity index (χ4n) is 4.69. The van der Waals surface area contributed by atoms with E-state index in [9.17, 15) is 14.4 Å². The normalized spacial score (nSPS) is 22.6. The summed E-state index contributed by atoms with van der Waals surface area (Å²) in [5, 5.41) is 0. The average molecular weight is 418 g/mol. The van der Waals surface area contributed by atoms with Crippen LogP contribution in [-0.2, 0) is 16.1 Å². The SMILES string of the molecule is Cc1ncc2n1C(=O)N(C1CCN(C(=O)[C@H]3CCCN3C(=O)OC(C)(C)C)CC1)C2. The zero-order valence-corrected chi connectivity index (χ0v) is 18.3. The van der Waals surface area contributed by atoms with Gasteiger partial charge in [0.1, 0.15) is 17.5 Å². The van der Waals surface area contributed by atoms with E-state index < -0.39 is 17.7 Å². The monoisotopic (exact) mass is 417 g/mol. The third-order valence-corrected chi connectivity index (χ3v) is 6.16. The molecule has 0 unspecified atom stereocenters. The molecule has 0 aliphatic carbocycles. The van der Waals surface area contributed by atoms with Crippen molar-refractivity contribution in [1.29, 1.82) is 0 Å². The Kier molecular flexibility index (Phi) is 5.23. The van der Waals surface area contributed by atoms with Gasteiger partial charge in [-0.25, -0.2) is 14.6 Å². The zero-order valence-electron chi connectivity index (χ0n) is 18.3. The quantitative estimate of drug-likeness (QED) is 0.737. The number of hydrogen-bond acceptors (Lipinski definition) is 5. The molecule has 1 atom stereocenters. The maximum Gasteiger partial charge on any atom is 0.410 e. The van der Waals surface area contributed by atoms with Crippen molar-refractivity contribution in [2.24, 2.45) is 0 Å². The largest absolute Gasteiger partial charge is 0.444 e. The van der Waals surface area contributed by atoms with Crippen LogP contribution in [0.15, 0.2) is 6.20 Å². The van der Waals surface area contributed by atoms with E-state index in [1.807, 2.05) is 37.5 Å². The summed E-state index contributed by atoms with van der Waals surface area (Å²) in [5.41, 5.74) is 0.343. The van der Waals surface area contributed by atoms with Gasteiger partial charge in [-0.15, -0.1) is 0 Å². The molecule has 3 aliphatic rings. The highest BCUT2D eigenvalue weighted by molar-refractivity contribution is 5.86. The van der Waals surface area contributed by atoms with Crippen molar-refractivity contribution >= 4 is 18.0 Å². The summed E-state index contributed by atoms with van der Waals surface area (Å²) >= 11 is 0. The van der Waals surface area contributed by atoms with Crippen LogP contribution in [0.3, 0.4) is 0 Å². The van der Waals surface area contributed by atoms with Gasteiger partial charge in [0.2, 0.25) is 5.91 Å². The van der Waals surface area contributed by atoms with Gasteiger partial charge in [0.15, 0.2) is 0 Å². The molecule has 0 saturated carbocycles. The summed E-state index contributed by atoms with van der Waals surface area (Å²) in [4.78, 5) is 47.9. The number of hydrogen-bond donors (Lipinski definition) is 0. The molecule has 4 rings (SSSR count). The van der Waals surface area contributed by atoms with Crippen LogP contribution in [0.5, 0.6) is 0 Å². The van der Waals surface area contributed by atoms with E-state index >= 15 is 0 Å². The molecule has 3 amide bonds. The van der Waals surface area contributed by atoms with E-state index in [0.717, 1.165) is 25.0 Å². The van der Waals surface area contributed by atoms with Gasteiger partial charge >= 0.3 is 12.1 Å². The lowest BCUT2D eigenvalue weighted by Crippen LogP contribution is -2.53. The van der Waals surface area contributed by atoms with Gasteiger partial charge in [-0.2, -0.15) is 0 Å². The fourth-order valence-corrected chi connectivity index (χ4v) is 4.69. The number of aromatic nitrogens is 2. The average Bonchev–Trinajstić information content (AvgIpc) is 3.38. The van der Waals surface area contributed by atoms with Crippen LogP contribution in [0.25, 0.3) is 0 Å². The van der Waals surface area contributed by atoms with Crippen LogP contribution < -0.4 is 0 Å². The molecule has 30 heavy (non-hydrogen) atoms. The van der Waals surface area contributed by atoms with Crippen LogP contribution >= 0.6 is 0 Å². The molecule has 1 aromatic rings. The van der Waals surface area contributed by atoms with Crippen molar-refractivity contribution in [2.75, 3.05) is 19.6 Å². The summed E-state index contributed by atoms with van der Waals surface area (Å²) < 4.78 is 7.16. The number of ether oxygens (including phenoxy) is 1. The molecule has 3 aliphatic heterocycles. The molecule has 0 aromatic carbocycles. The second-order valence-electron chi connectivity index (χ2n) is 9.43. The molecule has 164 valence electrons. The molecule has 0 bridgehead atoms. The lowest BCUT2D eigenvalue weighted by Gasteiger charge is -2.38. The molecule has 2 saturated heterocycles. The minimum absolute atomic E-state index is 0.00383.